The quantitative estimate of drug-likeness (QED) is 0.219. The lowest BCUT2D eigenvalue weighted by Gasteiger charge is -2.18. The van der Waals surface area contributed by atoms with Crippen LogP contribution in [-0.2, 0) is 9.47 Å². The molecule has 0 saturated heterocycles. The summed E-state index contributed by atoms with van der Waals surface area (Å²) in [5.74, 6) is 0.472. The minimum Gasteiger partial charge on any atom is -0.379 e. The average Bonchev–Trinajstić information content (AvgIpc) is 2.61. The first-order valence-corrected chi connectivity index (χ1v) is 8.97. The Bertz CT molecular complexity index is 530. The summed E-state index contributed by atoms with van der Waals surface area (Å²) in [6.45, 7) is 9.11. The zero-order valence-electron chi connectivity index (χ0n) is 16.3. The van der Waals surface area contributed by atoms with Gasteiger partial charge in [0, 0.05) is 20.2 Å². The summed E-state index contributed by atoms with van der Waals surface area (Å²) in [7, 11) is 1.71. The lowest BCUT2D eigenvalue weighted by atomic mass is 10.1. The van der Waals surface area contributed by atoms with Gasteiger partial charge in [-0.3, -0.25) is 4.99 Å². The first kappa shape index (κ1) is 25.1. The number of guanidine groups is 1. The van der Waals surface area contributed by atoms with E-state index in [0.717, 1.165) is 25.0 Å². The second-order valence-electron chi connectivity index (χ2n) is 5.95. The molecule has 0 bridgehead atoms. The average molecular weight is 481 g/mol. The number of aliphatic imine (C=N–C) groups is 1. The molecular formula is C19H33FIN3O2. The number of unbranched alkanes of at least 4 members (excludes halogenated alkanes) is 1. The number of hydrogen-bond acceptors (Lipinski definition) is 3. The molecule has 2 N–H and O–H groups in total. The molecular weight excluding hydrogens is 448 g/mol. The van der Waals surface area contributed by atoms with Crippen LogP contribution in [0.2, 0.25) is 0 Å². The van der Waals surface area contributed by atoms with Crippen molar-refractivity contribution < 1.29 is 13.9 Å². The van der Waals surface area contributed by atoms with E-state index in [-0.39, 0.29) is 35.8 Å². The molecule has 1 atom stereocenters. The number of nitrogens with one attached hydrogen (secondary N) is 2. The van der Waals surface area contributed by atoms with Crippen LogP contribution >= 0.6 is 24.0 Å². The number of rotatable bonds is 11. The van der Waals surface area contributed by atoms with Crippen LogP contribution in [0.5, 0.6) is 0 Å². The highest BCUT2D eigenvalue weighted by molar-refractivity contribution is 14.0. The fraction of sp³-hybridized carbons (Fsp3) is 0.632. The van der Waals surface area contributed by atoms with Gasteiger partial charge in [0.05, 0.1) is 25.9 Å². The van der Waals surface area contributed by atoms with Gasteiger partial charge in [-0.2, -0.15) is 0 Å². The maximum absolute atomic E-state index is 13.7. The molecule has 0 aliphatic rings. The third-order valence-corrected chi connectivity index (χ3v) is 3.83. The van der Waals surface area contributed by atoms with E-state index in [0.29, 0.717) is 37.9 Å². The molecule has 1 unspecified atom stereocenters. The SMILES string of the molecule is CCCCOCCOCCNC(=NC)NC(C)c1ccc(C)c(F)c1.I. The van der Waals surface area contributed by atoms with Crippen LogP contribution in [0.1, 0.15) is 43.9 Å². The van der Waals surface area contributed by atoms with Gasteiger partial charge < -0.3 is 20.1 Å². The second kappa shape index (κ2) is 15.2. The zero-order valence-corrected chi connectivity index (χ0v) is 18.6. The molecule has 7 heteroatoms. The molecule has 0 aliphatic heterocycles. The van der Waals surface area contributed by atoms with Gasteiger partial charge in [-0.1, -0.05) is 25.5 Å². The summed E-state index contributed by atoms with van der Waals surface area (Å²) < 4.78 is 24.6. The van der Waals surface area contributed by atoms with E-state index >= 15 is 0 Å². The fourth-order valence-corrected chi connectivity index (χ4v) is 2.17. The summed E-state index contributed by atoms with van der Waals surface area (Å²) in [5, 5.41) is 6.43. The van der Waals surface area contributed by atoms with Gasteiger partial charge in [-0.15, -0.1) is 24.0 Å². The molecule has 0 spiro atoms. The Hall–Kier alpha value is -0.930. The second-order valence-corrected chi connectivity index (χ2v) is 5.95. The standard InChI is InChI=1S/C19H32FN3O2.HI/c1-5-6-10-24-12-13-25-11-9-22-19(21-4)23-16(3)17-8-7-15(2)18(20)14-17;/h7-8,14,16H,5-6,9-13H2,1-4H3,(H2,21,22,23);1H. The maximum Gasteiger partial charge on any atom is 0.191 e. The van der Waals surface area contributed by atoms with Gasteiger partial charge in [0.1, 0.15) is 5.82 Å². The Morgan fingerprint density at radius 1 is 1.19 bits per heavy atom. The van der Waals surface area contributed by atoms with Crippen molar-refractivity contribution in [2.45, 2.75) is 39.7 Å². The molecule has 5 nitrogen and oxygen atoms in total. The van der Waals surface area contributed by atoms with E-state index in [9.17, 15) is 4.39 Å². The van der Waals surface area contributed by atoms with Crippen LogP contribution < -0.4 is 10.6 Å². The predicted octanol–water partition coefficient (Wildman–Crippen LogP) is 3.81. The molecule has 0 amide bonds. The molecule has 0 fully saturated rings. The first-order valence-electron chi connectivity index (χ1n) is 8.97. The molecule has 0 aromatic heterocycles. The Morgan fingerprint density at radius 3 is 2.50 bits per heavy atom. The monoisotopic (exact) mass is 481 g/mol. The molecule has 150 valence electrons. The lowest BCUT2D eigenvalue weighted by Crippen LogP contribution is -2.40. The highest BCUT2D eigenvalue weighted by atomic mass is 127. The van der Waals surface area contributed by atoms with E-state index in [1.54, 1.807) is 26.1 Å². The number of nitrogens with zero attached hydrogens (tertiary/aromatic N) is 1. The van der Waals surface area contributed by atoms with Crippen molar-refractivity contribution in [3.8, 4) is 0 Å². The maximum atomic E-state index is 13.7. The number of halogens is 2. The Kier molecular flexibility index (Phi) is 14.6. The third-order valence-electron chi connectivity index (χ3n) is 3.83. The summed E-state index contributed by atoms with van der Waals surface area (Å²) in [6.07, 6.45) is 2.23. The summed E-state index contributed by atoms with van der Waals surface area (Å²) >= 11 is 0. The van der Waals surface area contributed by atoms with Crippen molar-refractivity contribution in [2.24, 2.45) is 4.99 Å². The summed E-state index contributed by atoms with van der Waals surface area (Å²) in [6, 6.07) is 5.22. The zero-order chi connectivity index (χ0) is 18.5. The smallest absolute Gasteiger partial charge is 0.191 e. The molecule has 0 aliphatic carbocycles. The lowest BCUT2D eigenvalue weighted by molar-refractivity contribution is 0.0487. The molecule has 0 saturated carbocycles. The molecule has 1 aromatic rings. The van der Waals surface area contributed by atoms with Crippen molar-refractivity contribution >= 4 is 29.9 Å². The predicted molar refractivity (Wildman–Crippen MR) is 116 cm³/mol. The van der Waals surface area contributed by atoms with Crippen LogP contribution in [0.3, 0.4) is 0 Å². The van der Waals surface area contributed by atoms with Crippen molar-refractivity contribution in [3.05, 3.63) is 35.1 Å². The van der Waals surface area contributed by atoms with Gasteiger partial charge in [0.2, 0.25) is 0 Å². The number of aryl methyl sites for hydroxylation is 1. The number of hydrogen-bond donors (Lipinski definition) is 2. The Labute approximate surface area is 174 Å². The van der Waals surface area contributed by atoms with Crippen molar-refractivity contribution in [1.82, 2.24) is 10.6 Å². The summed E-state index contributed by atoms with van der Waals surface area (Å²) in [5.41, 5.74) is 1.53. The van der Waals surface area contributed by atoms with Crippen LogP contribution in [0, 0.1) is 12.7 Å². The van der Waals surface area contributed by atoms with Crippen molar-refractivity contribution in [1.29, 1.82) is 0 Å². The molecule has 1 rings (SSSR count). The number of benzene rings is 1. The minimum atomic E-state index is -0.191. The molecule has 1 aromatic carbocycles. The molecule has 0 radical (unpaired) electrons. The highest BCUT2D eigenvalue weighted by Gasteiger charge is 2.09. The highest BCUT2D eigenvalue weighted by Crippen LogP contribution is 2.16. The van der Waals surface area contributed by atoms with Gasteiger partial charge >= 0.3 is 0 Å². The van der Waals surface area contributed by atoms with Crippen LogP contribution in [0.25, 0.3) is 0 Å². The third kappa shape index (κ3) is 10.3. The largest absolute Gasteiger partial charge is 0.379 e. The first-order chi connectivity index (χ1) is 12.1. The van der Waals surface area contributed by atoms with E-state index in [2.05, 4.69) is 22.5 Å². The van der Waals surface area contributed by atoms with Gasteiger partial charge in [0.25, 0.3) is 0 Å². The minimum absolute atomic E-state index is 0. The van der Waals surface area contributed by atoms with Crippen molar-refractivity contribution in [3.63, 3.8) is 0 Å². The van der Waals surface area contributed by atoms with Crippen LogP contribution in [-0.4, -0.2) is 46.0 Å². The van der Waals surface area contributed by atoms with Crippen LogP contribution in [0.4, 0.5) is 4.39 Å². The number of ether oxygens (including phenoxy) is 2. The van der Waals surface area contributed by atoms with Gasteiger partial charge in [-0.05, 0) is 37.5 Å². The topological polar surface area (TPSA) is 54.9 Å². The van der Waals surface area contributed by atoms with Crippen molar-refractivity contribution in [2.75, 3.05) is 40.0 Å². The summed E-state index contributed by atoms with van der Waals surface area (Å²) in [4.78, 5) is 4.18. The van der Waals surface area contributed by atoms with E-state index in [1.165, 1.54) is 0 Å². The van der Waals surface area contributed by atoms with E-state index in [1.807, 2.05) is 13.0 Å². The Morgan fingerprint density at radius 2 is 1.88 bits per heavy atom. The van der Waals surface area contributed by atoms with Gasteiger partial charge in [0.15, 0.2) is 5.96 Å². The fourth-order valence-electron chi connectivity index (χ4n) is 2.17. The van der Waals surface area contributed by atoms with E-state index < -0.39 is 0 Å². The van der Waals surface area contributed by atoms with E-state index in [4.69, 9.17) is 9.47 Å². The normalized spacial score (nSPS) is 12.4. The molecule has 0 heterocycles. The van der Waals surface area contributed by atoms with Gasteiger partial charge in [-0.25, -0.2) is 4.39 Å². The Balaban J connectivity index is 0.00000625. The van der Waals surface area contributed by atoms with Crippen LogP contribution in [0.15, 0.2) is 23.2 Å². The molecule has 26 heavy (non-hydrogen) atoms.